The van der Waals surface area contributed by atoms with Crippen LogP contribution < -0.4 is 0 Å². The summed E-state index contributed by atoms with van der Waals surface area (Å²) in [5, 5.41) is 0. The lowest BCUT2D eigenvalue weighted by Gasteiger charge is -1.93. The molecule has 0 N–H and O–H groups in total. The largest absolute Gasteiger partial charge is 0.472 e. The summed E-state index contributed by atoms with van der Waals surface area (Å²) in [5.74, 6) is 0. The van der Waals surface area contributed by atoms with Crippen LogP contribution in [0.1, 0.15) is 13.8 Å². The molecule has 0 unspecified atom stereocenters. The average molecular weight is 150 g/mol. The first-order chi connectivity index (χ1) is 5.20. The van der Waals surface area contributed by atoms with Gasteiger partial charge < -0.3 is 4.74 Å². The predicted octanol–water partition coefficient (Wildman–Crippen LogP) is 3.18. The third-order valence-electron chi connectivity index (χ3n) is 1.15. The first kappa shape index (κ1) is 9.76. The van der Waals surface area contributed by atoms with E-state index in [-0.39, 0.29) is 0 Å². The molecule has 60 valence electrons. The van der Waals surface area contributed by atoms with Gasteiger partial charge in [-0.25, -0.2) is 0 Å². The average Bonchev–Trinajstić information content (AvgIpc) is 2.04. The van der Waals surface area contributed by atoms with E-state index in [4.69, 9.17) is 4.74 Å². The normalized spacial score (nSPS) is 12.5. The lowest BCUT2D eigenvalue weighted by atomic mass is 10.3. The molecule has 1 nitrogen and oxygen atoms in total. The van der Waals surface area contributed by atoms with Crippen molar-refractivity contribution in [1.29, 1.82) is 0 Å². The topological polar surface area (TPSA) is 9.23 Å². The molecule has 0 atom stereocenters. The summed E-state index contributed by atoms with van der Waals surface area (Å²) in [4.78, 5) is 0. The first-order valence-electron chi connectivity index (χ1n) is 3.44. The maximum Gasteiger partial charge on any atom is 0.0930 e. The number of rotatable bonds is 4. The van der Waals surface area contributed by atoms with Crippen LogP contribution in [-0.4, -0.2) is 0 Å². The molecular weight excluding hydrogens is 136 g/mol. The fraction of sp³-hybridized carbons (Fsp3) is 0.200. The van der Waals surface area contributed by atoms with Crippen LogP contribution in [0.2, 0.25) is 0 Å². The van der Waals surface area contributed by atoms with E-state index in [9.17, 15) is 0 Å². The molecule has 0 rings (SSSR count). The van der Waals surface area contributed by atoms with Crippen molar-refractivity contribution in [3.8, 4) is 0 Å². The zero-order chi connectivity index (χ0) is 8.69. The summed E-state index contributed by atoms with van der Waals surface area (Å²) in [6, 6.07) is 0. The minimum absolute atomic E-state index is 0.998. The van der Waals surface area contributed by atoms with Gasteiger partial charge >= 0.3 is 0 Å². The molecule has 0 saturated heterocycles. The van der Waals surface area contributed by atoms with Crippen molar-refractivity contribution in [2.75, 3.05) is 0 Å². The maximum absolute atomic E-state index is 5.07. The predicted molar refractivity (Wildman–Crippen MR) is 49.0 cm³/mol. The smallest absolute Gasteiger partial charge is 0.0930 e. The van der Waals surface area contributed by atoms with Gasteiger partial charge in [-0.05, 0) is 25.0 Å². The SMILES string of the molecule is C=C/C(C)=C\O/C=C(\C)C=C. The minimum Gasteiger partial charge on any atom is -0.472 e. The molecule has 11 heavy (non-hydrogen) atoms. The summed E-state index contributed by atoms with van der Waals surface area (Å²) in [6.45, 7) is 11.0. The molecule has 0 amide bonds. The third kappa shape index (κ3) is 5.22. The van der Waals surface area contributed by atoms with Gasteiger partial charge in [0.25, 0.3) is 0 Å². The molecule has 0 aromatic heterocycles. The molecular formula is C10H14O. The summed E-state index contributed by atoms with van der Waals surface area (Å²) >= 11 is 0. The first-order valence-corrected chi connectivity index (χ1v) is 3.44. The monoisotopic (exact) mass is 150 g/mol. The number of ether oxygens (including phenoxy) is 1. The molecule has 0 spiro atoms. The van der Waals surface area contributed by atoms with Crippen LogP contribution in [0.3, 0.4) is 0 Å². The van der Waals surface area contributed by atoms with Crippen LogP contribution in [0.15, 0.2) is 49.0 Å². The third-order valence-corrected chi connectivity index (χ3v) is 1.15. The van der Waals surface area contributed by atoms with E-state index >= 15 is 0 Å². The Hall–Kier alpha value is -1.24. The molecule has 0 aromatic rings. The highest BCUT2D eigenvalue weighted by atomic mass is 16.5. The Kier molecular flexibility index (Phi) is 4.91. The Bertz CT molecular complexity index is 175. The van der Waals surface area contributed by atoms with E-state index in [1.165, 1.54) is 0 Å². The maximum atomic E-state index is 5.07. The van der Waals surface area contributed by atoms with E-state index in [1.54, 1.807) is 24.7 Å². The van der Waals surface area contributed by atoms with Crippen molar-refractivity contribution >= 4 is 0 Å². The highest BCUT2D eigenvalue weighted by Crippen LogP contribution is 1.97. The summed E-state index contributed by atoms with van der Waals surface area (Å²) < 4.78 is 5.07. The van der Waals surface area contributed by atoms with Crippen LogP contribution in [0.4, 0.5) is 0 Å². The Morgan fingerprint density at radius 3 is 1.64 bits per heavy atom. The number of hydrogen-bond donors (Lipinski definition) is 0. The standard InChI is InChI=1S/C10H14O/c1-5-9(3)7-11-8-10(4)6-2/h5-8H,1-2H2,3-4H3/b9-7-,10-8+. The van der Waals surface area contributed by atoms with E-state index in [2.05, 4.69) is 13.2 Å². The lowest BCUT2D eigenvalue weighted by Crippen LogP contribution is -1.73. The summed E-state index contributed by atoms with van der Waals surface area (Å²) in [6.07, 6.45) is 6.74. The van der Waals surface area contributed by atoms with Gasteiger partial charge in [0, 0.05) is 0 Å². The van der Waals surface area contributed by atoms with Gasteiger partial charge in [-0.1, -0.05) is 25.3 Å². The zero-order valence-electron chi connectivity index (χ0n) is 7.13. The molecule has 0 radical (unpaired) electrons. The Labute approximate surface area is 68.4 Å². The highest BCUT2D eigenvalue weighted by Gasteiger charge is 1.79. The summed E-state index contributed by atoms with van der Waals surface area (Å²) in [5.41, 5.74) is 2.00. The van der Waals surface area contributed by atoms with Gasteiger partial charge in [0.1, 0.15) is 0 Å². The summed E-state index contributed by atoms with van der Waals surface area (Å²) in [7, 11) is 0. The zero-order valence-corrected chi connectivity index (χ0v) is 7.13. The fourth-order valence-electron chi connectivity index (χ4n) is 0.345. The molecule has 0 aliphatic heterocycles. The van der Waals surface area contributed by atoms with Crippen LogP contribution in [0.5, 0.6) is 0 Å². The molecule has 1 heteroatoms. The van der Waals surface area contributed by atoms with E-state index in [1.807, 2.05) is 13.8 Å². The molecule has 0 aliphatic carbocycles. The van der Waals surface area contributed by atoms with E-state index < -0.39 is 0 Å². The van der Waals surface area contributed by atoms with Crippen LogP contribution in [0, 0.1) is 0 Å². The number of hydrogen-bond acceptors (Lipinski definition) is 1. The van der Waals surface area contributed by atoms with Crippen molar-refractivity contribution in [2.45, 2.75) is 13.8 Å². The van der Waals surface area contributed by atoms with Gasteiger partial charge in [0.2, 0.25) is 0 Å². The molecule has 0 saturated carbocycles. The Morgan fingerprint density at radius 2 is 1.36 bits per heavy atom. The second-order valence-electron chi connectivity index (χ2n) is 2.27. The molecule has 0 heterocycles. The molecule has 0 bridgehead atoms. The van der Waals surface area contributed by atoms with Crippen molar-refractivity contribution in [3.63, 3.8) is 0 Å². The second-order valence-corrected chi connectivity index (χ2v) is 2.27. The van der Waals surface area contributed by atoms with Crippen molar-refractivity contribution in [3.05, 3.63) is 49.0 Å². The fourth-order valence-corrected chi connectivity index (χ4v) is 0.345. The van der Waals surface area contributed by atoms with E-state index in [0.29, 0.717) is 0 Å². The minimum atomic E-state index is 0.998. The van der Waals surface area contributed by atoms with Gasteiger partial charge in [-0.15, -0.1) is 0 Å². The van der Waals surface area contributed by atoms with E-state index in [0.717, 1.165) is 11.1 Å². The molecule has 0 aliphatic rings. The van der Waals surface area contributed by atoms with Gasteiger partial charge in [-0.3, -0.25) is 0 Å². The molecule has 0 fully saturated rings. The molecule has 0 aromatic carbocycles. The van der Waals surface area contributed by atoms with Gasteiger partial charge in [0.15, 0.2) is 0 Å². The van der Waals surface area contributed by atoms with Crippen molar-refractivity contribution in [1.82, 2.24) is 0 Å². The Morgan fingerprint density at radius 1 is 1.00 bits per heavy atom. The lowest BCUT2D eigenvalue weighted by molar-refractivity contribution is 0.396. The highest BCUT2D eigenvalue weighted by molar-refractivity contribution is 5.12. The van der Waals surface area contributed by atoms with Crippen LogP contribution in [-0.2, 0) is 4.74 Å². The second kappa shape index (κ2) is 5.54. The van der Waals surface area contributed by atoms with Crippen LogP contribution >= 0.6 is 0 Å². The van der Waals surface area contributed by atoms with Crippen LogP contribution in [0.25, 0.3) is 0 Å². The van der Waals surface area contributed by atoms with Crippen molar-refractivity contribution < 1.29 is 4.74 Å². The van der Waals surface area contributed by atoms with Crippen molar-refractivity contribution in [2.24, 2.45) is 0 Å². The number of allylic oxidation sites excluding steroid dienone is 4. The Balaban J connectivity index is 3.89. The quantitative estimate of drug-likeness (QED) is 0.441. The van der Waals surface area contributed by atoms with Gasteiger partial charge in [0.05, 0.1) is 12.5 Å². The van der Waals surface area contributed by atoms with Gasteiger partial charge in [-0.2, -0.15) is 0 Å².